The smallest absolute Gasteiger partial charge is 0.222 e. The molecule has 0 spiro atoms. The SMILES string of the molecule is CCC(=O)N1CCN(c2ccc3nncn3n2)CC1. The second kappa shape index (κ2) is 4.83. The van der Waals surface area contributed by atoms with Gasteiger partial charge in [-0.1, -0.05) is 6.92 Å². The summed E-state index contributed by atoms with van der Waals surface area (Å²) in [5.74, 6) is 1.12. The molecular formula is C12H16N6O. The van der Waals surface area contributed by atoms with Gasteiger partial charge in [0.2, 0.25) is 5.91 Å². The normalized spacial score (nSPS) is 16.1. The van der Waals surface area contributed by atoms with E-state index >= 15 is 0 Å². The fourth-order valence-electron chi connectivity index (χ4n) is 2.30. The van der Waals surface area contributed by atoms with Crippen molar-refractivity contribution in [3.63, 3.8) is 0 Å². The van der Waals surface area contributed by atoms with E-state index in [4.69, 9.17) is 0 Å². The molecule has 0 aromatic carbocycles. The maximum absolute atomic E-state index is 11.6. The van der Waals surface area contributed by atoms with Gasteiger partial charge in [0, 0.05) is 32.6 Å². The Labute approximate surface area is 110 Å². The average molecular weight is 260 g/mol. The zero-order valence-corrected chi connectivity index (χ0v) is 10.9. The highest BCUT2D eigenvalue weighted by atomic mass is 16.2. The van der Waals surface area contributed by atoms with Crippen LogP contribution in [0.2, 0.25) is 0 Å². The summed E-state index contributed by atoms with van der Waals surface area (Å²) in [5.41, 5.74) is 0.739. The molecular weight excluding hydrogens is 244 g/mol. The molecule has 1 aliphatic rings. The summed E-state index contributed by atoms with van der Waals surface area (Å²) in [6, 6.07) is 3.85. The van der Waals surface area contributed by atoms with Gasteiger partial charge in [-0.15, -0.1) is 15.3 Å². The average Bonchev–Trinajstić information content (AvgIpc) is 2.94. The van der Waals surface area contributed by atoms with Crippen molar-refractivity contribution in [3.8, 4) is 0 Å². The van der Waals surface area contributed by atoms with Gasteiger partial charge in [-0.2, -0.15) is 4.52 Å². The Balaban J connectivity index is 1.72. The van der Waals surface area contributed by atoms with Gasteiger partial charge >= 0.3 is 0 Å². The van der Waals surface area contributed by atoms with E-state index in [1.807, 2.05) is 24.0 Å². The zero-order valence-electron chi connectivity index (χ0n) is 10.9. The summed E-state index contributed by atoms with van der Waals surface area (Å²) in [6.45, 7) is 5.04. The van der Waals surface area contributed by atoms with Crippen LogP contribution in [0.15, 0.2) is 18.5 Å². The molecule has 100 valence electrons. The maximum Gasteiger partial charge on any atom is 0.222 e. The molecule has 3 heterocycles. The Kier molecular flexibility index (Phi) is 3.02. The number of carbonyl (C=O) groups excluding carboxylic acids is 1. The van der Waals surface area contributed by atoms with E-state index in [1.165, 1.54) is 0 Å². The molecule has 1 amide bonds. The third-order valence-corrected chi connectivity index (χ3v) is 3.41. The van der Waals surface area contributed by atoms with Crippen LogP contribution in [0, 0.1) is 0 Å². The molecule has 7 heteroatoms. The molecule has 0 atom stereocenters. The first kappa shape index (κ1) is 11.9. The van der Waals surface area contributed by atoms with Crippen molar-refractivity contribution in [1.29, 1.82) is 0 Å². The molecule has 0 N–H and O–H groups in total. The summed E-state index contributed by atoms with van der Waals surface area (Å²) in [5, 5.41) is 12.2. The first-order valence-electron chi connectivity index (χ1n) is 6.47. The van der Waals surface area contributed by atoms with Crippen molar-refractivity contribution < 1.29 is 4.79 Å². The van der Waals surface area contributed by atoms with E-state index < -0.39 is 0 Å². The van der Waals surface area contributed by atoms with Crippen LogP contribution < -0.4 is 4.90 Å². The number of fused-ring (bicyclic) bond motifs is 1. The van der Waals surface area contributed by atoms with Gasteiger partial charge in [0.05, 0.1) is 0 Å². The van der Waals surface area contributed by atoms with E-state index in [2.05, 4.69) is 20.2 Å². The van der Waals surface area contributed by atoms with Gasteiger partial charge in [-0.25, -0.2) is 0 Å². The topological polar surface area (TPSA) is 66.6 Å². The van der Waals surface area contributed by atoms with Gasteiger partial charge in [0.1, 0.15) is 12.1 Å². The first-order chi connectivity index (χ1) is 9.28. The number of aromatic nitrogens is 4. The largest absolute Gasteiger partial charge is 0.352 e. The zero-order chi connectivity index (χ0) is 13.2. The summed E-state index contributed by atoms with van der Waals surface area (Å²) >= 11 is 0. The highest BCUT2D eigenvalue weighted by Crippen LogP contribution is 2.14. The predicted molar refractivity (Wildman–Crippen MR) is 69.9 cm³/mol. The summed E-state index contributed by atoms with van der Waals surface area (Å²) in [4.78, 5) is 15.7. The van der Waals surface area contributed by atoms with Gasteiger partial charge in [-0.05, 0) is 12.1 Å². The molecule has 0 aliphatic carbocycles. The van der Waals surface area contributed by atoms with Crippen molar-refractivity contribution in [2.24, 2.45) is 0 Å². The van der Waals surface area contributed by atoms with Gasteiger partial charge in [-0.3, -0.25) is 4.79 Å². The lowest BCUT2D eigenvalue weighted by Crippen LogP contribution is -2.48. The van der Waals surface area contributed by atoms with Crippen LogP contribution in [0.1, 0.15) is 13.3 Å². The molecule has 7 nitrogen and oxygen atoms in total. The maximum atomic E-state index is 11.6. The van der Waals surface area contributed by atoms with E-state index in [0.717, 1.165) is 37.6 Å². The highest BCUT2D eigenvalue weighted by Gasteiger charge is 2.20. The fourth-order valence-corrected chi connectivity index (χ4v) is 2.30. The number of rotatable bonds is 2. The second-order valence-corrected chi connectivity index (χ2v) is 4.55. The number of piperazine rings is 1. The molecule has 0 saturated carbocycles. The molecule has 3 rings (SSSR count). The molecule has 2 aromatic heterocycles. The van der Waals surface area contributed by atoms with Crippen molar-refractivity contribution in [2.45, 2.75) is 13.3 Å². The van der Waals surface area contributed by atoms with E-state index in [-0.39, 0.29) is 5.91 Å². The standard InChI is InChI=1S/C12H16N6O/c1-2-12(19)17-7-5-16(6-8-17)11-4-3-10-14-13-9-18(10)15-11/h3-4,9H,2,5-8H2,1H3. The fraction of sp³-hybridized carbons (Fsp3) is 0.500. The van der Waals surface area contributed by atoms with Crippen molar-refractivity contribution in [3.05, 3.63) is 18.5 Å². The van der Waals surface area contributed by atoms with E-state index in [1.54, 1.807) is 10.8 Å². The van der Waals surface area contributed by atoms with Crippen LogP contribution in [0.3, 0.4) is 0 Å². The van der Waals surface area contributed by atoms with Crippen molar-refractivity contribution in [1.82, 2.24) is 24.7 Å². The molecule has 2 aromatic rings. The number of hydrogen-bond acceptors (Lipinski definition) is 5. The number of hydrogen-bond donors (Lipinski definition) is 0. The Hall–Kier alpha value is -2.18. The number of nitrogens with zero attached hydrogens (tertiary/aromatic N) is 6. The Bertz CT molecular complexity index is 587. The van der Waals surface area contributed by atoms with Gasteiger partial charge in [0.15, 0.2) is 5.65 Å². The second-order valence-electron chi connectivity index (χ2n) is 4.55. The lowest BCUT2D eigenvalue weighted by atomic mass is 10.3. The van der Waals surface area contributed by atoms with Gasteiger partial charge < -0.3 is 9.80 Å². The monoisotopic (exact) mass is 260 g/mol. The summed E-state index contributed by atoms with van der Waals surface area (Å²) < 4.78 is 1.67. The minimum absolute atomic E-state index is 0.224. The minimum Gasteiger partial charge on any atom is -0.352 e. The van der Waals surface area contributed by atoms with Crippen LogP contribution in [0.4, 0.5) is 5.82 Å². The molecule has 1 aliphatic heterocycles. The van der Waals surface area contributed by atoms with Crippen LogP contribution in [-0.2, 0) is 4.79 Å². The third kappa shape index (κ3) is 2.23. The van der Waals surface area contributed by atoms with Crippen LogP contribution in [0.25, 0.3) is 5.65 Å². The summed E-state index contributed by atoms with van der Waals surface area (Å²) in [7, 11) is 0. The molecule has 0 radical (unpaired) electrons. The Morgan fingerprint density at radius 1 is 1.26 bits per heavy atom. The first-order valence-corrected chi connectivity index (χ1v) is 6.47. The molecule has 1 fully saturated rings. The predicted octanol–water partition coefficient (Wildman–Crippen LogP) is 0.183. The van der Waals surface area contributed by atoms with Crippen molar-refractivity contribution >= 4 is 17.4 Å². The van der Waals surface area contributed by atoms with Gasteiger partial charge in [0.25, 0.3) is 0 Å². The number of carbonyl (C=O) groups is 1. The lowest BCUT2D eigenvalue weighted by Gasteiger charge is -2.35. The quantitative estimate of drug-likeness (QED) is 0.770. The third-order valence-electron chi connectivity index (χ3n) is 3.41. The number of amides is 1. The van der Waals surface area contributed by atoms with E-state index in [9.17, 15) is 4.79 Å². The minimum atomic E-state index is 0.224. The Morgan fingerprint density at radius 3 is 2.79 bits per heavy atom. The lowest BCUT2D eigenvalue weighted by molar-refractivity contribution is -0.131. The number of anilines is 1. The van der Waals surface area contributed by atoms with Crippen LogP contribution in [-0.4, -0.2) is 56.8 Å². The molecule has 0 bridgehead atoms. The highest BCUT2D eigenvalue weighted by molar-refractivity contribution is 5.76. The van der Waals surface area contributed by atoms with Crippen molar-refractivity contribution in [2.75, 3.05) is 31.1 Å². The van der Waals surface area contributed by atoms with Crippen LogP contribution in [0.5, 0.6) is 0 Å². The molecule has 19 heavy (non-hydrogen) atoms. The molecule has 0 unspecified atom stereocenters. The van der Waals surface area contributed by atoms with Crippen LogP contribution >= 0.6 is 0 Å². The molecule has 1 saturated heterocycles. The Morgan fingerprint density at radius 2 is 2.05 bits per heavy atom. The summed E-state index contributed by atoms with van der Waals surface area (Å²) in [6.07, 6.45) is 2.17. The van der Waals surface area contributed by atoms with E-state index in [0.29, 0.717) is 6.42 Å².